The van der Waals surface area contributed by atoms with Gasteiger partial charge < -0.3 is 15.2 Å². The number of aromatic nitrogens is 2. The number of alkyl halides is 2. The van der Waals surface area contributed by atoms with Gasteiger partial charge in [0.15, 0.2) is 0 Å². The molecule has 2 N–H and O–H groups in total. The van der Waals surface area contributed by atoms with Crippen molar-refractivity contribution in [2.45, 2.75) is 32.2 Å². The lowest BCUT2D eigenvalue weighted by Gasteiger charge is -2.30. The number of nitrogens with zero attached hydrogens (tertiary/aromatic N) is 3. The van der Waals surface area contributed by atoms with Crippen LogP contribution in [0.5, 0.6) is 0 Å². The van der Waals surface area contributed by atoms with Gasteiger partial charge in [-0.1, -0.05) is 0 Å². The summed E-state index contributed by atoms with van der Waals surface area (Å²) in [5, 5.41) is 0.632. The number of fused-ring (bicyclic) bond motifs is 1. The van der Waals surface area contributed by atoms with E-state index in [0.29, 0.717) is 37.0 Å². The van der Waals surface area contributed by atoms with Gasteiger partial charge in [-0.15, -0.1) is 0 Å². The maximum Gasteiger partial charge on any atom is 0.278 e. The number of pyridine rings is 1. The number of aryl methyl sites for hydroxylation is 1. The molecule has 2 aromatic heterocycles. The highest BCUT2D eigenvalue weighted by molar-refractivity contribution is 5.80. The molecule has 0 bridgehead atoms. The minimum Gasteiger partial charge on any atom is -0.369 e. The van der Waals surface area contributed by atoms with Crippen molar-refractivity contribution in [1.82, 2.24) is 14.5 Å². The fraction of sp³-hybridized carbons (Fsp3) is 0.471. The zero-order chi connectivity index (χ0) is 18.0. The van der Waals surface area contributed by atoms with E-state index < -0.39 is 6.43 Å². The van der Waals surface area contributed by atoms with Crippen LogP contribution in [0.1, 0.15) is 31.4 Å². The number of carbonyl (C=O) groups is 2. The number of hydrogen-bond acceptors (Lipinski definition) is 3. The number of piperidine rings is 1. The number of nitrogens with two attached hydrogens (primary N) is 1. The van der Waals surface area contributed by atoms with Crippen LogP contribution >= 0.6 is 0 Å². The highest BCUT2D eigenvalue weighted by Gasteiger charge is 2.26. The molecule has 1 aliphatic rings. The van der Waals surface area contributed by atoms with Gasteiger partial charge in [0.05, 0.1) is 5.69 Å². The summed E-state index contributed by atoms with van der Waals surface area (Å²) < 4.78 is 28.0. The molecule has 3 rings (SSSR count). The molecule has 0 saturated carbocycles. The molecule has 8 heteroatoms. The minimum atomic E-state index is -2.63. The van der Waals surface area contributed by atoms with Gasteiger partial charge in [-0.05, 0) is 31.0 Å². The molecule has 0 unspecified atom stereocenters. The van der Waals surface area contributed by atoms with Crippen LogP contribution in [0.15, 0.2) is 24.4 Å². The molecule has 2 amide bonds. The van der Waals surface area contributed by atoms with Crippen molar-refractivity contribution in [3.8, 4) is 0 Å². The van der Waals surface area contributed by atoms with Crippen LogP contribution in [0.3, 0.4) is 0 Å². The summed E-state index contributed by atoms with van der Waals surface area (Å²) in [4.78, 5) is 29.4. The van der Waals surface area contributed by atoms with Crippen LogP contribution < -0.4 is 5.73 Å². The fourth-order valence-corrected chi connectivity index (χ4v) is 3.30. The molecular formula is C17H20F2N4O2. The minimum absolute atomic E-state index is 0.110. The molecule has 0 aromatic carbocycles. The standard InChI is InChI=1S/C17H20F2N4O2/c18-15(19)13-10-12-2-1-6-21-17(12)23(13)9-5-14(24)22-7-3-11(4-8-22)16(20)25/h1-2,6,10-11,15H,3-5,7-9H2,(H2,20,25). The Morgan fingerprint density at radius 1 is 1.32 bits per heavy atom. The summed E-state index contributed by atoms with van der Waals surface area (Å²) in [6.45, 7) is 1.09. The van der Waals surface area contributed by atoms with E-state index in [9.17, 15) is 18.4 Å². The van der Waals surface area contributed by atoms with Crippen LogP contribution in [0, 0.1) is 5.92 Å². The van der Waals surface area contributed by atoms with E-state index in [1.165, 1.54) is 10.6 Å². The van der Waals surface area contributed by atoms with Gasteiger partial charge >= 0.3 is 0 Å². The molecule has 6 nitrogen and oxygen atoms in total. The first-order valence-corrected chi connectivity index (χ1v) is 8.26. The van der Waals surface area contributed by atoms with E-state index in [-0.39, 0.29) is 36.4 Å². The van der Waals surface area contributed by atoms with E-state index in [1.807, 2.05) is 0 Å². The summed E-state index contributed by atoms with van der Waals surface area (Å²) in [6.07, 6.45) is 0.135. The normalized spacial score (nSPS) is 15.9. The van der Waals surface area contributed by atoms with Gasteiger partial charge in [-0.2, -0.15) is 0 Å². The zero-order valence-corrected chi connectivity index (χ0v) is 13.7. The zero-order valence-electron chi connectivity index (χ0n) is 13.7. The van der Waals surface area contributed by atoms with Gasteiger partial charge in [0.2, 0.25) is 11.8 Å². The Hall–Kier alpha value is -2.51. The third kappa shape index (κ3) is 3.62. The van der Waals surface area contributed by atoms with Crippen molar-refractivity contribution < 1.29 is 18.4 Å². The molecule has 1 aliphatic heterocycles. The van der Waals surface area contributed by atoms with Crippen molar-refractivity contribution >= 4 is 22.8 Å². The smallest absolute Gasteiger partial charge is 0.278 e. The number of amides is 2. The molecule has 3 heterocycles. The lowest BCUT2D eigenvalue weighted by molar-refractivity contribution is -0.135. The van der Waals surface area contributed by atoms with Gasteiger partial charge in [-0.25, -0.2) is 13.8 Å². The quantitative estimate of drug-likeness (QED) is 0.896. The van der Waals surface area contributed by atoms with Crippen LogP contribution in [0.2, 0.25) is 0 Å². The van der Waals surface area contributed by atoms with E-state index >= 15 is 0 Å². The Morgan fingerprint density at radius 2 is 2.04 bits per heavy atom. The number of likely N-dealkylation sites (tertiary alicyclic amines) is 1. The molecule has 1 saturated heterocycles. The van der Waals surface area contributed by atoms with Gasteiger partial charge in [0.25, 0.3) is 6.43 Å². The summed E-state index contributed by atoms with van der Waals surface area (Å²) in [6, 6.07) is 4.83. The summed E-state index contributed by atoms with van der Waals surface area (Å²) in [5.74, 6) is -0.633. The second-order valence-electron chi connectivity index (χ2n) is 6.25. The topological polar surface area (TPSA) is 81.2 Å². The van der Waals surface area contributed by atoms with Crippen molar-refractivity contribution in [2.75, 3.05) is 13.1 Å². The van der Waals surface area contributed by atoms with Crippen LogP contribution in [0.25, 0.3) is 11.0 Å². The fourth-order valence-electron chi connectivity index (χ4n) is 3.30. The molecule has 25 heavy (non-hydrogen) atoms. The average Bonchev–Trinajstić information content (AvgIpc) is 2.98. The predicted molar refractivity (Wildman–Crippen MR) is 87.8 cm³/mol. The summed E-state index contributed by atoms with van der Waals surface area (Å²) >= 11 is 0. The van der Waals surface area contributed by atoms with Crippen LogP contribution in [-0.4, -0.2) is 39.4 Å². The first kappa shape index (κ1) is 17.3. The maximum atomic E-state index is 13.3. The number of carbonyl (C=O) groups excluding carboxylic acids is 2. The first-order valence-electron chi connectivity index (χ1n) is 8.26. The number of hydrogen-bond donors (Lipinski definition) is 1. The SMILES string of the molecule is NC(=O)C1CCN(C(=O)CCn2c(C(F)F)cc3cccnc32)CC1. The van der Waals surface area contributed by atoms with Crippen LogP contribution in [0.4, 0.5) is 8.78 Å². The number of halogens is 2. The second kappa shape index (κ2) is 7.16. The number of primary amides is 1. The number of rotatable bonds is 5. The third-order valence-electron chi connectivity index (χ3n) is 4.71. The Balaban J connectivity index is 1.67. The van der Waals surface area contributed by atoms with Crippen molar-refractivity contribution in [2.24, 2.45) is 11.7 Å². The van der Waals surface area contributed by atoms with Crippen molar-refractivity contribution in [1.29, 1.82) is 0 Å². The predicted octanol–water partition coefficient (Wildman–Crippen LogP) is 2.09. The van der Waals surface area contributed by atoms with Crippen molar-refractivity contribution in [3.63, 3.8) is 0 Å². The molecule has 0 atom stereocenters. The molecule has 0 aliphatic carbocycles. The van der Waals surface area contributed by atoms with Gasteiger partial charge in [-0.3, -0.25) is 9.59 Å². The Labute approximate surface area is 143 Å². The lowest BCUT2D eigenvalue weighted by atomic mass is 9.96. The highest BCUT2D eigenvalue weighted by Crippen LogP contribution is 2.27. The lowest BCUT2D eigenvalue weighted by Crippen LogP contribution is -2.42. The molecule has 1 fully saturated rings. The average molecular weight is 350 g/mol. The van der Waals surface area contributed by atoms with Crippen LogP contribution in [-0.2, 0) is 16.1 Å². The molecule has 2 aromatic rings. The van der Waals surface area contributed by atoms with E-state index in [0.717, 1.165) is 0 Å². The van der Waals surface area contributed by atoms with Gasteiger partial charge in [0.1, 0.15) is 5.65 Å². The third-order valence-corrected chi connectivity index (χ3v) is 4.71. The monoisotopic (exact) mass is 350 g/mol. The summed E-state index contributed by atoms with van der Waals surface area (Å²) in [7, 11) is 0. The summed E-state index contributed by atoms with van der Waals surface area (Å²) in [5.41, 5.74) is 5.61. The van der Waals surface area contributed by atoms with E-state index in [2.05, 4.69) is 4.98 Å². The van der Waals surface area contributed by atoms with Crippen molar-refractivity contribution in [3.05, 3.63) is 30.1 Å². The molecular weight excluding hydrogens is 330 g/mol. The Morgan fingerprint density at radius 3 is 2.68 bits per heavy atom. The molecule has 0 spiro atoms. The van der Waals surface area contributed by atoms with E-state index in [1.54, 1.807) is 23.2 Å². The van der Waals surface area contributed by atoms with Gasteiger partial charge in [0, 0.05) is 43.6 Å². The first-order chi connectivity index (χ1) is 12.0. The largest absolute Gasteiger partial charge is 0.369 e. The van der Waals surface area contributed by atoms with E-state index in [4.69, 9.17) is 5.73 Å². The molecule has 134 valence electrons. The molecule has 0 radical (unpaired) electrons. The Bertz CT molecular complexity index is 782. The second-order valence-corrected chi connectivity index (χ2v) is 6.25. The highest BCUT2D eigenvalue weighted by atomic mass is 19.3. The Kier molecular flexibility index (Phi) is 4.96. The maximum absolute atomic E-state index is 13.3.